The van der Waals surface area contributed by atoms with Gasteiger partial charge in [-0.2, -0.15) is 0 Å². The fraction of sp³-hybridized carbons (Fsp3) is 0.750. The molecule has 10 heavy (non-hydrogen) atoms. The van der Waals surface area contributed by atoms with Crippen LogP contribution >= 0.6 is 0 Å². The van der Waals surface area contributed by atoms with Crippen LogP contribution in [0.4, 0.5) is 0 Å². The lowest BCUT2D eigenvalue weighted by Gasteiger charge is -2.07. The Balaban J connectivity index is 2.42. The van der Waals surface area contributed by atoms with Crippen LogP contribution in [0.15, 0.2) is 12.2 Å². The van der Waals surface area contributed by atoms with E-state index in [-0.39, 0.29) is 6.10 Å². The van der Waals surface area contributed by atoms with Crippen LogP contribution in [0.5, 0.6) is 0 Å². The molecule has 1 aliphatic carbocycles. The van der Waals surface area contributed by atoms with Crippen LogP contribution < -0.4 is 5.32 Å². The van der Waals surface area contributed by atoms with Crippen molar-refractivity contribution in [3.8, 4) is 0 Å². The third-order valence-corrected chi connectivity index (χ3v) is 1.95. The Morgan fingerprint density at radius 2 is 2.20 bits per heavy atom. The summed E-state index contributed by atoms with van der Waals surface area (Å²) in [6.45, 7) is 0. The van der Waals surface area contributed by atoms with Crippen molar-refractivity contribution < 1.29 is 5.11 Å². The van der Waals surface area contributed by atoms with Crippen molar-refractivity contribution in [2.24, 2.45) is 0 Å². The van der Waals surface area contributed by atoms with Crippen molar-refractivity contribution in [1.29, 1.82) is 0 Å². The summed E-state index contributed by atoms with van der Waals surface area (Å²) in [5, 5.41) is 12.4. The van der Waals surface area contributed by atoms with Gasteiger partial charge in [-0.3, -0.25) is 0 Å². The molecule has 0 fully saturated rings. The van der Waals surface area contributed by atoms with E-state index in [2.05, 4.69) is 11.4 Å². The van der Waals surface area contributed by atoms with E-state index < -0.39 is 0 Å². The molecular weight excluding hydrogens is 126 g/mol. The minimum Gasteiger partial charge on any atom is -0.389 e. The van der Waals surface area contributed by atoms with E-state index in [0.717, 1.165) is 19.3 Å². The number of nitrogens with one attached hydrogen (secondary N) is 1. The van der Waals surface area contributed by atoms with Crippen molar-refractivity contribution in [2.45, 2.75) is 31.4 Å². The molecule has 2 N–H and O–H groups in total. The SMILES string of the molecule is CN[C@H]1C=C[C@@H](O)CCC1. The van der Waals surface area contributed by atoms with Gasteiger partial charge in [-0.05, 0) is 26.3 Å². The monoisotopic (exact) mass is 141 g/mol. The number of likely N-dealkylation sites (N-methyl/N-ethyl adjacent to an activating group) is 1. The van der Waals surface area contributed by atoms with Gasteiger partial charge in [0.2, 0.25) is 0 Å². The molecule has 0 bridgehead atoms. The van der Waals surface area contributed by atoms with E-state index in [0.29, 0.717) is 6.04 Å². The van der Waals surface area contributed by atoms with Gasteiger partial charge in [0.05, 0.1) is 6.10 Å². The van der Waals surface area contributed by atoms with Gasteiger partial charge in [-0.1, -0.05) is 12.2 Å². The summed E-state index contributed by atoms with van der Waals surface area (Å²) in [5.74, 6) is 0. The maximum atomic E-state index is 9.19. The molecular formula is C8H15NO. The summed E-state index contributed by atoms with van der Waals surface area (Å²) in [6.07, 6.45) is 6.89. The van der Waals surface area contributed by atoms with Gasteiger partial charge in [0, 0.05) is 6.04 Å². The van der Waals surface area contributed by atoms with Gasteiger partial charge in [0.1, 0.15) is 0 Å². The first-order valence-electron chi connectivity index (χ1n) is 3.86. The number of aliphatic hydroxyl groups is 1. The van der Waals surface area contributed by atoms with E-state index in [1.165, 1.54) is 0 Å². The molecule has 0 amide bonds. The van der Waals surface area contributed by atoms with Crippen molar-refractivity contribution in [3.05, 3.63) is 12.2 Å². The van der Waals surface area contributed by atoms with Gasteiger partial charge < -0.3 is 10.4 Å². The lowest BCUT2D eigenvalue weighted by atomic mass is 10.1. The lowest BCUT2D eigenvalue weighted by molar-refractivity contribution is 0.211. The average Bonchev–Trinajstić information content (AvgIpc) is 2.14. The number of hydrogen-bond acceptors (Lipinski definition) is 2. The fourth-order valence-corrected chi connectivity index (χ4v) is 1.24. The third-order valence-electron chi connectivity index (χ3n) is 1.95. The van der Waals surface area contributed by atoms with Crippen LogP contribution in [0.25, 0.3) is 0 Å². The molecule has 0 aliphatic heterocycles. The van der Waals surface area contributed by atoms with Crippen molar-refractivity contribution >= 4 is 0 Å². The second kappa shape index (κ2) is 3.74. The molecule has 0 aromatic carbocycles. The molecule has 2 nitrogen and oxygen atoms in total. The number of hydrogen-bond donors (Lipinski definition) is 2. The van der Waals surface area contributed by atoms with E-state index in [1.807, 2.05) is 13.1 Å². The number of aliphatic hydroxyl groups excluding tert-OH is 1. The molecule has 58 valence electrons. The zero-order chi connectivity index (χ0) is 7.40. The average molecular weight is 141 g/mol. The Morgan fingerprint density at radius 3 is 2.90 bits per heavy atom. The molecule has 1 rings (SSSR count). The summed E-state index contributed by atoms with van der Waals surface area (Å²) in [7, 11) is 1.95. The first-order valence-corrected chi connectivity index (χ1v) is 3.86. The van der Waals surface area contributed by atoms with Gasteiger partial charge >= 0.3 is 0 Å². The maximum Gasteiger partial charge on any atom is 0.0721 e. The fourth-order valence-electron chi connectivity index (χ4n) is 1.24. The van der Waals surface area contributed by atoms with Gasteiger partial charge in [0.25, 0.3) is 0 Å². The standard InChI is InChI=1S/C8H15NO/c1-9-7-3-2-4-8(10)6-5-7/h5-10H,2-4H2,1H3/t7-,8+/m1/s1. The van der Waals surface area contributed by atoms with E-state index in [9.17, 15) is 5.11 Å². The summed E-state index contributed by atoms with van der Waals surface area (Å²) < 4.78 is 0. The highest BCUT2D eigenvalue weighted by Gasteiger charge is 2.08. The minimum atomic E-state index is -0.210. The topological polar surface area (TPSA) is 32.3 Å². The largest absolute Gasteiger partial charge is 0.389 e. The third kappa shape index (κ3) is 2.12. The molecule has 0 aromatic rings. The first-order chi connectivity index (χ1) is 4.83. The van der Waals surface area contributed by atoms with Gasteiger partial charge in [-0.25, -0.2) is 0 Å². The summed E-state index contributed by atoms with van der Waals surface area (Å²) in [5.41, 5.74) is 0. The van der Waals surface area contributed by atoms with Gasteiger partial charge in [-0.15, -0.1) is 0 Å². The van der Waals surface area contributed by atoms with Crippen LogP contribution in [0, 0.1) is 0 Å². The second-order valence-electron chi connectivity index (χ2n) is 2.78. The lowest BCUT2D eigenvalue weighted by Crippen LogP contribution is -2.21. The van der Waals surface area contributed by atoms with E-state index >= 15 is 0 Å². The summed E-state index contributed by atoms with van der Waals surface area (Å²) >= 11 is 0. The molecule has 0 saturated carbocycles. The highest BCUT2D eigenvalue weighted by molar-refractivity contribution is 4.99. The Kier molecular flexibility index (Phi) is 2.90. The zero-order valence-electron chi connectivity index (χ0n) is 6.38. The van der Waals surface area contributed by atoms with Crippen LogP contribution in [-0.2, 0) is 0 Å². The van der Waals surface area contributed by atoms with Gasteiger partial charge in [0.15, 0.2) is 0 Å². The predicted molar refractivity (Wildman–Crippen MR) is 41.8 cm³/mol. The van der Waals surface area contributed by atoms with Crippen LogP contribution in [0.3, 0.4) is 0 Å². The molecule has 0 saturated heterocycles. The quantitative estimate of drug-likeness (QED) is 0.526. The molecule has 2 atom stereocenters. The normalized spacial score (nSPS) is 33.8. The minimum absolute atomic E-state index is 0.210. The smallest absolute Gasteiger partial charge is 0.0721 e. The number of rotatable bonds is 1. The van der Waals surface area contributed by atoms with Crippen LogP contribution in [-0.4, -0.2) is 24.3 Å². The molecule has 0 radical (unpaired) electrons. The summed E-state index contributed by atoms with van der Waals surface area (Å²) in [4.78, 5) is 0. The Hall–Kier alpha value is -0.340. The molecule has 0 unspecified atom stereocenters. The highest BCUT2D eigenvalue weighted by Crippen LogP contribution is 2.10. The Labute approximate surface area is 61.9 Å². The first kappa shape index (κ1) is 7.76. The molecule has 1 aliphatic rings. The van der Waals surface area contributed by atoms with E-state index in [4.69, 9.17) is 0 Å². The molecule has 0 heterocycles. The van der Waals surface area contributed by atoms with Crippen LogP contribution in [0.1, 0.15) is 19.3 Å². The summed E-state index contributed by atoms with van der Waals surface area (Å²) in [6, 6.07) is 0.470. The predicted octanol–water partition coefficient (Wildman–Crippen LogP) is 0.675. The molecule has 0 spiro atoms. The van der Waals surface area contributed by atoms with Crippen molar-refractivity contribution in [3.63, 3.8) is 0 Å². The maximum absolute atomic E-state index is 9.19. The second-order valence-corrected chi connectivity index (χ2v) is 2.78. The van der Waals surface area contributed by atoms with Crippen LogP contribution in [0.2, 0.25) is 0 Å². The highest BCUT2D eigenvalue weighted by atomic mass is 16.3. The molecule has 0 aromatic heterocycles. The Bertz CT molecular complexity index is 122. The van der Waals surface area contributed by atoms with E-state index in [1.54, 1.807) is 0 Å². The van der Waals surface area contributed by atoms with Crippen molar-refractivity contribution in [2.75, 3.05) is 7.05 Å². The zero-order valence-corrected chi connectivity index (χ0v) is 6.38. The molecule has 2 heteroatoms. The Morgan fingerprint density at radius 1 is 1.40 bits per heavy atom. The van der Waals surface area contributed by atoms with Crippen molar-refractivity contribution in [1.82, 2.24) is 5.32 Å².